The van der Waals surface area contributed by atoms with Crippen LogP contribution in [0.2, 0.25) is 0 Å². The summed E-state index contributed by atoms with van der Waals surface area (Å²) < 4.78 is 0. The van der Waals surface area contributed by atoms with Crippen LogP contribution >= 0.6 is 11.8 Å². The number of thioether (sulfide) groups is 1. The van der Waals surface area contributed by atoms with Gasteiger partial charge in [-0.3, -0.25) is 19.5 Å². The lowest BCUT2D eigenvalue weighted by Gasteiger charge is -2.44. The summed E-state index contributed by atoms with van der Waals surface area (Å²) in [6.07, 6.45) is 8.64. The van der Waals surface area contributed by atoms with E-state index in [4.69, 9.17) is 0 Å². The highest BCUT2D eigenvalue weighted by atomic mass is 32.2. The Morgan fingerprint density at radius 2 is 1.82 bits per heavy atom. The third-order valence-corrected chi connectivity index (χ3v) is 7.04. The molecule has 0 bridgehead atoms. The van der Waals surface area contributed by atoms with Crippen LogP contribution in [0.5, 0.6) is 0 Å². The number of carbonyl (C=O) groups excluding carboxylic acids is 3. The zero-order valence-corrected chi connectivity index (χ0v) is 16.7. The number of imide groups is 1. The molecule has 1 aromatic heterocycles. The second-order valence-corrected chi connectivity index (χ2v) is 8.79. The van der Waals surface area contributed by atoms with E-state index in [1.165, 1.54) is 16.7 Å². The maximum Gasteiger partial charge on any atom is 0.324 e. The molecule has 1 saturated carbocycles. The minimum absolute atomic E-state index is 0.00790. The van der Waals surface area contributed by atoms with Gasteiger partial charge in [-0.2, -0.15) is 0 Å². The van der Waals surface area contributed by atoms with Crippen molar-refractivity contribution in [3.05, 3.63) is 24.5 Å². The Morgan fingerprint density at radius 1 is 1.11 bits per heavy atom. The molecule has 2 atom stereocenters. The molecule has 2 aliphatic heterocycles. The van der Waals surface area contributed by atoms with E-state index in [1.807, 2.05) is 17.0 Å². The molecule has 0 aromatic carbocycles. The molecule has 7 nitrogen and oxygen atoms in total. The van der Waals surface area contributed by atoms with Crippen molar-refractivity contribution in [1.82, 2.24) is 20.1 Å². The van der Waals surface area contributed by atoms with Gasteiger partial charge < -0.3 is 10.2 Å². The van der Waals surface area contributed by atoms with Crippen molar-refractivity contribution < 1.29 is 14.4 Å². The number of nitrogens with zero attached hydrogens (tertiary/aromatic N) is 3. The Morgan fingerprint density at radius 3 is 2.57 bits per heavy atom. The van der Waals surface area contributed by atoms with E-state index in [9.17, 15) is 14.4 Å². The summed E-state index contributed by atoms with van der Waals surface area (Å²) in [5.74, 6) is 0.415. The molecule has 0 radical (unpaired) electrons. The average Bonchev–Trinajstić information content (AvgIpc) is 2.73. The van der Waals surface area contributed by atoms with Gasteiger partial charge in [-0.25, -0.2) is 4.79 Å². The zero-order valence-electron chi connectivity index (χ0n) is 15.9. The first-order valence-electron chi connectivity index (χ1n) is 10.1. The molecule has 1 N–H and O–H groups in total. The number of aromatic nitrogens is 1. The summed E-state index contributed by atoms with van der Waals surface area (Å²) in [4.78, 5) is 46.3. The molecule has 3 aliphatic rings. The van der Waals surface area contributed by atoms with Gasteiger partial charge in [0.2, 0.25) is 11.8 Å². The highest BCUT2D eigenvalue weighted by Gasteiger charge is 2.45. The average molecular weight is 403 g/mol. The smallest absolute Gasteiger partial charge is 0.324 e. The van der Waals surface area contributed by atoms with Crippen LogP contribution in [0.25, 0.3) is 0 Å². The molecule has 2 saturated heterocycles. The number of amides is 4. The molecule has 3 fully saturated rings. The number of pyridine rings is 1. The minimum atomic E-state index is -0.244. The second-order valence-electron chi connectivity index (χ2n) is 7.74. The number of rotatable bonds is 4. The number of fused-ring (bicyclic) bond motifs is 1. The summed E-state index contributed by atoms with van der Waals surface area (Å²) >= 11 is 1.50. The molecule has 2 unspecified atom stereocenters. The maximum atomic E-state index is 12.9. The van der Waals surface area contributed by atoms with Crippen LogP contribution in [0, 0.1) is 5.92 Å². The molecular formula is C20H26N4O3S. The van der Waals surface area contributed by atoms with E-state index in [1.54, 1.807) is 12.4 Å². The van der Waals surface area contributed by atoms with Crippen LogP contribution in [-0.2, 0) is 9.59 Å². The van der Waals surface area contributed by atoms with Gasteiger partial charge in [-0.15, -0.1) is 11.8 Å². The Balaban J connectivity index is 1.30. The lowest BCUT2D eigenvalue weighted by molar-refractivity contribution is -0.139. The van der Waals surface area contributed by atoms with Crippen molar-refractivity contribution in [3.8, 4) is 0 Å². The molecule has 0 spiro atoms. The fraction of sp³-hybridized carbons (Fsp3) is 0.600. The third kappa shape index (κ3) is 4.01. The van der Waals surface area contributed by atoms with E-state index < -0.39 is 0 Å². The van der Waals surface area contributed by atoms with Crippen molar-refractivity contribution in [2.24, 2.45) is 5.92 Å². The topological polar surface area (TPSA) is 82.6 Å². The Kier molecular flexibility index (Phi) is 5.85. The van der Waals surface area contributed by atoms with Gasteiger partial charge in [0.05, 0.1) is 11.7 Å². The maximum absolute atomic E-state index is 12.9. The van der Waals surface area contributed by atoms with Crippen molar-refractivity contribution in [3.63, 3.8) is 0 Å². The summed E-state index contributed by atoms with van der Waals surface area (Å²) in [5.41, 5.74) is 0. The number of hydrogen-bond acceptors (Lipinski definition) is 5. The lowest BCUT2D eigenvalue weighted by atomic mass is 9.81. The van der Waals surface area contributed by atoms with E-state index in [0.29, 0.717) is 31.7 Å². The van der Waals surface area contributed by atoms with Gasteiger partial charge in [0, 0.05) is 42.5 Å². The highest BCUT2D eigenvalue weighted by Crippen LogP contribution is 2.32. The van der Waals surface area contributed by atoms with Crippen LogP contribution in [0.4, 0.5) is 4.79 Å². The first kappa shape index (κ1) is 19.2. The van der Waals surface area contributed by atoms with Crippen LogP contribution in [0.15, 0.2) is 29.4 Å². The van der Waals surface area contributed by atoms with E-state index in [-0.39, 0.29) is 35.8 Å². The molecule has 8 heteroatoms. The van der Waals surface area contributed by atoms with Crippen LogP contribution in [0.3, 0.4) is 0 Å². The van der Waals surface area contributed by atoms with Crippen LogP contribution in [-0.4, -0.2) is 63.6 Å². The second kappa shape index (κ2) is 8.51. The van der Waals surface area contributed by atoms with Crippen LogP contribution < -0.4 is 5.32 Å². The lowest BCUT2D eigenvalue weighted by Crippen LogP contribution is -2.64. The van der Waals surface area contributed by atoms with E-state index in [2.05, 4.69) is 10.3 Å². The first-order valence-corrected chi connectivity index (χ1v) is 11.1. The standard InChI is InChI=1S/C20H26N4O3S/c25-18(13-28-15-5-9-21-10-6-15)23-11-7-14(8-12-23)24-19(26)16-3-1-2-4-17(16)22-20(24)27/h5-6,9-10,14,16-17H,1-4,7-8,11-13H2,(H,22,27). The van der Waals surface area contributed by atoms with E-state index >= 15 is 0 Å². The molecule has 1 aromatic rings. The molecule has 3 heterocycles. The predicted molar refractivity (Wildman–Crippen MR) is 106 cm³/mol. The summed E-state index contributed by atoms with van der Waals surface area (Å²) in [6, 6.07) is 3.45. The van der Waals surface area contributed by atoms with Crippen molar-refractivity contribution >= 4 is 29.6 Å². The van der Waals surface area contributed by atoms with Gasteiger partial charge in [-0.05, 0) is 37.8 Å². The van der Waals surface area contributed by atoms with Crippen molar-refractivity contribution in [1.29, 1.82) is 0 Å². The quantitative estimate of drug-likeness (QED) is 0.782. The predicted octanol–water partition coefficient (Wildman–Crippen LogP) is 2.28. The molecule has 1 aliphatic carbocycles. The molecule has 4 rings (SSSR count). The number of piperidine rings is 1. The summed E-state index contributed by atoms with van der Waals surface area (Å²) in [5, 5.41) is 3.05. The van der Waals surface area contributed by atoms with Crippen molar-refractivity contribution in [2.45, 2.75) is 55.5 Å². The normalized spacial score (nSPS) is 26.0. The van der Waals surface area contributed by atoms with Gasteiger partial charge in [0.15, 0.2) is 0 Å². The fourth-order valence-corrected chi connectivity index (χ4v) is 5.28. The number of urea groups is 1. The van der Waals surface area contributed by atoms with Gasteiger partial charge in [-0.1, -0.05) is 12.8 Å². The SMILES string of the molecule is O=C(CSc1ccncc1)N1CCC(N2C(=O)NC3CCCCC3C2=O)CC1. The minimum Gasteiger partial charge on any atom is -0.342 e. The number of hydrogen-bond donors (Lipinski definition) is 1. The Labute approximate surface area is 169 Å². The fourth-order valence-electron chi connectivity index (χ4n) is 4.50. The Hall–Kier alpha value is -2.09. The molecule has 4 amide bonds. The van der Waals surface area contributed by atoms with Gasteiger partial charge >= 0.3 is 6.03 Å². The highest BCUT2D eigenvalue weighted by molar-refractivity contribution is 8.00. The van der Waals surface area contributed by atoms with Gasteiger partial charge in [0.1, 0.15) is 0 Å². The van der Waals surface area contributed by atoms with Crippen LogP contribution in [0.1, 0.15) is 38.5 Å². The first-order chi connectivity index (χ1) is 13.6. The zero-order chi connectivity index (χ0) is 19.5. The third-order valence-electron chi connectivity index (χ3n) is 6.04. The number of carbonyl (C=O) groups is 3. The largest absolute Gasteiger partial charge is 0.342 e. The summed E-state index contributed by atoms with van der Waals surface area (Å²) in [7, 11) is 0. The Bertz CT molecular complexity index is 736. The molecule has 28 heavy (non-hydrogen) atoms. The van der Waals surface area contributed by atoms with E-state index in [0.717, 1.165) is 30.6 Å². The summed E-state index contributed by atoms with van der Waals surface area (Å²) in [6.45, 7) is 1.18. The number of nitrogens with one attached hydrogen (secondary N) is 1. The monoisotopic (exact) mass is 402 g/mol. The molecule has 150 valence electrons. The number of likely N-dealkylation sites (tertiary alicyclic amines) is 1. The molecular weight excluding hydrogens is 376 g/mol. The van der Waals surface area contributed by atoms with Gasteiger partial charge in [0.25, 0.3) is 0 Å². The van der Waals surface area contributed by atoms with Crippen molar-refractivity contribution in [2.75, 3.05) is 18.8 Å².